The largest absolute Gasteiger partial charge is 0.397 e. The molecule has 0 atom stereocenters. The van der Waals surface area contributed by atoms with Gasteiger partial charge in [-0.2, -0.15) is 35.5 Å². The molecule has 0 fully saturated rings. The fraction of sp³-hybridized carbons (Fsp3) is 0.138. The van der Waals surface area contributed by atoms with Gasteiger partial charge in [0, 0.05) is 6.92 Å². The van der Waals surface area contributed by atoms with Crippen LogP contribution in [0.3, 0.4) is 0 Å². The van der Waals surface area contributed by atoms with Crippen molar-refractivity contribution in [2.75, 3.05) is 29.1 Å². The molecule has 0 radical (unpaired) electrons. The number of hydrogen-bond donors (Lipinski definition) is 6. The highest BCUT2D eigenvalue weighted by molar-refractivity contribution is 7.91. The highest BCUT2D eigenvalue weighted by atomic mass is 32.3. The first-order valence-electron chi connectivity index (χ1n) is 14.8. The van der Waals surface area contributed by atoms with Crippen LogP contribution in [0.15, 0.2) is 112 Å². The van der Waals surface area contributed by atoms with Crippen molar-refractivity contribution in [3.63, 3.8) is 0 Å². The molecule has 0 saturated carbocycles. The predicted molar refractivity (Wildman–Crippen MR) is 195 cm³/mol. The van der Waals surface area contributed by atoms with E-state index in [1.807, 2.05) is 6.92 Å². The molecule has 4 rings (SSSR count). The number of rotatable bonds is 14. The molecule has 292 valence electrons. The molecule has 0 aliphatic rings. The highest BCUT2D eigenvalue weighted by Crippen LogP contribution is 2.43. The van der Waals surface area contributed by atoms with E-state index < -0.39 is 84.8 Å². The molecule has 0 aliphatic carbocycles. The lowest BCUT2D eigenvalue weighted by Gasteiger charge is -2.10. The summed E-state index contributed by atoms with van der Waals surface area (Å²) in [5.41, 5.74) is 11.3. The van der Waals surface area contributed by atoms with Crippen LogP contribution < -0.4 is 16.8 Å². The number of nitrogens with zero attached hydrogens (tertiary/aromatic N) is 6. The summed E-state index contributed by atoms with van der Waals surface area (Å²) in [6, 6.07) is 13.6. The van der Waals surface area contributed by atoms with E-state index >= 15 is 0 Å². The minimum atomic E-state index is -5.14. The number of carbonyl (C=O) groups excluding carboxylic acids is 1. The van der Waals surface area contributed by atoms with Crippen LogP contribution in [-0.2, 0) is 49.5 Å². The number of hydrogen-bond acceptors (Lipinski definition) is 18. The van der Waals surface area contributed by atoms with Crippen molar-refractivity contribution in [1.29, 1.82) is 0 Å². The van der Waals surface area contributed by atoms with Gasteiger partial charge in [-0.15, -0.1) is 20.5 Å². The van der Waals surface area contributed by atoms with E-state index in [9.17, 15) is 47.6 Å². The number of aryl methyl sites for hydroxylation is 1. The molecule has 4 aromatic rings. The van der Waals surface area contributed by atoms with Crippen LogP contribution in [0.25, 0.3) is 0 Å². The fourth-order valence-electron chi connectivity index (χ4n) is 4.31. The first kappa shape index (κ1) is 42.1. The molecule has 8 N–H and O–H groups in total. The second kappa shape index (κ2) is 16.4. The average Bonchev–Trinajstić information content (AvgIpc) is 3.06. The SMILES string of the molecule is CC(=O)Nc1cc(N=Nc2cc(S(=O)(=O)O)c(N)c(N=Nc3ccc(C)cc3)c2N)ccc1N=Nc1ccc(S(=O)(=O)CCOS(=O)(=O)O)cc1S(=O)(=O)O. The third-order valence-electron chi connectivity index (χ3n) is 6.88. The van der Waals surface area contributed by atoms with Gasteiger partial charge in [0.15, 0.2) is 9.84 Å². The highest BCUT2D eigenvalue weighted by Gasteiger charge is 2.24. The van der Waals surface area contributed by atoms with E-state index in [4.69, 9.17) is 16.0 Å². The summed E-state index contributed by atoms with van der Waals surface area (Å²) < 4.78 is 128. The van der Waals surface area contributed by atoms with Crippen molar-refractivity contribution in [2.45, 2.75) is 28.5 Å². The molecule has 1 amide bonds. The van der Waals surface area contributed by atoms with Gasteiger partial charge in [-0.05, 0) is 61.5 Å². The number of nitrogens with one attached hydrogen (secondary N) is 1. The lowest BCUT2D eigenvalue weighted by atomic mass is 10.2. The van der Waals surface area contributed by atoms with Crippen LogP contribution in [-0.4, -0.2) is 65.6 Å². The third kappa shape index (κ3) is 11.4. The Morgan fingerprint density at radius 2 is 1.24 bits per heavy atom. The summed E-state index contributed by atoms with van der Waals surface area (Å²) in [6.45, 7) is 1.99. The molecule has 0 bridgehead atoms. The Hall–Kier alpha value is -5.61. The maximum absolute atomic E-state index is 12.6. The fourth-order valence-corrected chi connectivity index (χ4v) is 7.18. The Labute approximate surface area is 313 Å². The molecule has 0 spiro atoms. The van der Waals surface area contributed by atoms with Crippen LogP contribution in [0.4, 0.5) is 51.2 Å². The number of sulfone groups is 1. The van der Waals surface area contributed by atoms with Crippen molar-refractivity contribution >= 4 is 97.6 Å². The summed E-state index contributed by atoms with van der Waals surface area (Å²) in [5.74, 6) is -1.62. The van der Waals surface area contributed by atoms with E-state index in [2.05, 4.69) is 40.2 Å². The maximum Gasteiger partial charge on any atom is 0.397 e. The topological polar surface area (TPSA) is 362 Å². The molecule has 0 aromatic heterocycles. The van der Waals surface area contributed by atoms with E-state index in [0.29, 0.717) is 11.8 Å². The molecule has 4 aromatic carbocycles. The summed E-state index contributed by atoms with van der Waals surface area (Å²) in [7, 11) is -19.4. The molecule has 0 saturated heterocycles. The zero-order valence-electron chi connectivity index (χ0n) is 28.2. The first-order chi connectivity index (χ1) is 25.4. The van der Waals surface area contributed by atoms with Crippen molar-refractivity contribution in [1.82, 2.24) is 0 Å². The minimum Gasteiger partial charge on any atom is -0.396 e. The Balaban J connectivity index is 1.71. The van der Waals surface area contributed by atoms with Gasteiger partial charge in [0.1, 0.15) is 32.5 Å². The Morgan fingerprint density at radius 1 is 0.673 bits per heavy atom. The number of amides is 1. The third-order valence-corrected chi connectivity index (χ3v) is 10.8. The molecule has 0 heterocycles. The summed E-state index contributed by atoms with van der Waals surface area (Å²) in [6.07, 6.45) is 0. The molecule has 22 nitrogen and oxygen atoms in total. The van der Waals surface area contributed by atoms with Crippen LogP contribution in [0.5, 0.6) is 0 Å². The zero-order valence-corrected chi connectivity index (χ0v) is 31.4. The van der Waals surface area contributed by atoms with Gasteiger partial charge in [0.25, 0.3) is 20.2 Å². The van der Waals surface area contributed by atoms with Crippen LogP contribution in [0, 0.1) is 6.92 Å². The predicted octanol–water partition coefficient (Wildman–Crippen LogP) is 5.45. The number of nitrogen functional groups attached to an aromatic ring is 2. The standard InChI is InChI=1S/C29H29N9O13S4/c1-16-3-5-18(6-4-16)33-38-29-27(30)24(15-26(28(29)31)54(45,46)47)37-34-19-7-9-21(23(13-19)32-17(2)39)35-36-22-10-8-20(14-25(22)53(42,43)44)52(40,41)12-11-51-55(48,49)50/h3-10,13-15H,11-12,30-31H2,1-2H3,(H,32,39)(H,42,43,44)(H,45,46,47)(H,48,49,50). The van der Waals surface area contributed by atoms with Crippen LogP contribution >= 0.6 is 0 Å². The van der Waals surface area contributed by atoms with Crippen molar-refractivity contribution in [3.8, 4) is 0 Å². The summed E-state index contributed by atoms with van der Waals surface area (Å²) >= 11 is 0. The monoisotopic (exact) mass is 839 g/mol. The smallest absolute Gasteiger partial charge is 0.396 e. The lowest BCUT2D eigenvalue weighted by Crippen LogP contribution is -2.16. The van der Waals surface area contributed by atoms with Crippen molar-refractivity contribution in [2.24, 2.45) is 30.7 Å². The second-order valence-electron chi connectivity index (χ2n) is 11.0. The molecule has 0 unspecified atom stereocenters. The number of benzene rings is 4. The van der Waals surface area contributed by atoms with E-state index in [0.717, 1.165) is 30.7 Å². The van der Waals surface area contributed by atoms with Gasteiger partial charge in [-0.1, -0.05) is 17.7 Å². The second-order valence-corrected chi connectivity index (χ2v) is 17.0. The minimum absolute atomic E-state index is 0.00123. The number of anilines is 3. The molecular weight excluding hydrogens is 811 g/mol. The lowest BCUT2D eigenvalue weighted by molar-refractivity contribution is -0.114. The Morgan fingerprint density at radius 3 is 1.84 bits per heavy atom. The normalized spacial score (nSPS) is 12.9. The number of azo groups is 3. The molecule has 0 aliphatic heterocycles. The maximum atomic E-state index is 12.6. The van der Waals surface area contributed by atoms with E-state index in [1.165, 1.54) is 18.2 Å². The van der Waals surface area contributed by atoms with Crippen molar-refractivity contribution in [3.05, 3.63) is 72.3 Å². The van der Waals surface area contributed by atoms with Gasteiger partial charge >= 0.3 is 10.4 Å². The van der Waals surface area contributed by atoms with Gasteiger partial charge in [0.2, 0.25) is 5.91 Å². The van der Waals surface area contributed by atoms with Crippen LogP contribution in [0.2, 0.25) is 0 Å². The summed E-state index contributed by atoms with van der Waals surface area (Å²) in [4.78, 5) is 9.53. The molecular formula is C29H29N9O13S4. The average molecular weight is 840 g/mol. The quantitative estimate of drug-likeness (QED) is 0.0522. The van der Waals surface area contributed by atoms with Crippen molar-refractivity contribution < 1.29 is 56.3 Å². The summed E-state index contributed by atoms with van der Waals surface area (Å²) in [5, 5.41) is 26.1. The Bertz CT molecular complexity index is 2700. The number of carbonyl (C=O) groups is 1. The van der Waals surface area contributed by atoms with Gasteiger partial charge < -0.3 is 16.8 Å². The van der Waals surface area contributed by atoms with Gasteiger partial charge in [-0.3, -0.25) is 18.5 Å². The first-order valence-corrected chi connectivity index (χ1v) is 20.7. The van der Waals surface area contributed by atoms with Gasteiger partial charge in [-0.25, -0.2) is 12.6 Å². The van der Waals surface area contributed by atoms with Gasteiger partial charge in [0.05, 0.1) is 45.7 Å². The number of nitrogens with two attached hydrogens (primary N) is 2. The van der Waals surface area contributed by atoms with Crippen LogP contribution in [0.1, 0.15) is 12.5 Å². The van der Waals surface area contributed by atoms with E-state index in [-0.39, 0.29) is 34.1 Å². The molecule has 55 heavy (non-hydrogen) atoms. The Kier molecular flexibility index (Phi) is 12.6. The molecule has 26 heteroatoms. The zero-order chi connectivity index (χ0) is 40.9. The van der Waals surface area contributed by atoms with E-state index in [1.54, 1.807) is 24.3 Å².